The van der Waals surface area contributed by atoms with Crippen molar-refractivity contribution < 1.29 is 14.7 Å². The quantitative estimate of drug-likeness (QED) is 0.837. The number of fused-ring (bicyclic) bond motifs is 1. The first kappa shape index (κ1) is 17.2. The fraction of sp³-hybridized carbons (Fsp3) is 0.450. The number of nitrogens with zero attached hydrogens (tertiary/aromatic N) is 2. The Hall–Kier alpha value is -2.21. The average Bonchev–Trinajstić information content (AvgIpc) is 3.11. The van der Waals surface area contributed by atoms with Gasteiger partial charge in [0.1, 0.15) is 0 Å². The molecule has 1 saturated heterocycles. The molecule has 1 aromatic carbocycles. The van der Waals surface area contributed by atoms with Gasteiger partial charge in [-0.05, 0) is 37.8 Å². The highest BCUT2D eigenvalue weighted by atomic mass is 32.1. The van der Waals surface area contributed by atoms with Crippen molar-refractivity contribution in [2.75, 3.05) is 13.1 Å². The molecule has 26 heavy (non-hydrogen) atoms. The number of carbonyl (C=O) groups excluding carboxylic acids is 1. The van der Waals surface area contributed by atoms with Crippen molar-refractivity contribution in [2.45, 2.75) is 31.6 Å². The molecule has 1 fully saturated rings. The SMILES string of the molecule is O=C(O)[C@H]1CCCN(C(=O)C2CC=CCC2c2nc3ccccc3s2)C1. The molecule has 2 heterocycles. The Balaban J connectivity index is 1.58. The lowest BCUT2D eigenvalue weighted by atomic mass is 9.81. The molecule has 2 unspecified atom stereocenters. The Morgan fingerprint density at radius 3 is 2.81 bits per heavy atom. The van der Waals surface area contributed by atoms with Crippen LogP contribution in [0.4, 0.5) is 0 Å². The second-order valence-corrected chi connectivity index (χ2v) is 8.20. The van der Waals surface area contributed by atoms with Crippen LogP contribution in [0.15, 0.2) is 36.4 Å². The van der Waals surface area contributed by atoms with E-state index < -0.39 is 11.9 Å². The first-order chi connectivity index (χ1) is 12.6. The number of para-hydroxylation sites is 1. The second kappa shape index (κ2) is 7.19. The zero-order valence-corrected chi connectivity index (χ0v) is 15.3. The van der Waals surface area contributed by atoms with Crippen LogP contribution in [-0.2, 0) is 9.59 Å². The highest BCUT2D eigenvalue weighted by Crippen LogP contribution is 2.39. The maximum atomic E-state index is 13.2. The number of hydrogen-bond acceptors (Lipinski definition) is 4. The van der Waals surface area contributed by atoms with Gasteiger partial charge in [0.05, 0.1) is 27.1 Å². The van der Waals surface area contributed by atoms with Crippen molar-refractivity contribution in [3.63, 3.8) is 0 Å². The van der Waals surface area contributed by atoms with Crippen LogP contribution in [0.25, 0.3) is 10.2 Å². The van der Waals surface area contributed by atoms with Crippen LogP contribution in [0.5, 0.6) is 0 Å². The molecule has 0 spiro atoms. The molecule has 1 N–H and O–H groups in total. The smallest absolute Gasteiger partial charge is 0.308 e. The standard InChI is InChI=1S/C20H22N2O3S/c23-19(22-11-5-6-13(12-22)20(24)25)15-8-2-1-7-14(15)18-21-16-9-3-4-10-17(16)26-18/h1-4,9-10,13-15H,5-8,11-12H2,(H,24,25)/t13-,14?,15?/m0/s1. The largest absolute Gasteiger partial charge is 0.481 e. The molecule has 1 aliphatic carbocycles. The summed E-state index contributed by atoms with van der Waals surface area (Å²) in [4.78, 5) is 31.1. The van der Waals surface area contributed by atoms with Gasteiger partial charge in [-0.3, -0.25) is 9.59 Å². The van der Waals surface area contributed by atoms with Crippen molar-refractivity contribution >= 4 is 33.4 Å². The van der Waals surface area contributed by atoms with E-state index in [2.05, 4.69) is 18.2 Å². The summed E-state index contributed by atoms with van der Waals surface area (Å²) in [5.41, 5.74) is 0.983. The van der Waals surface area contributed by atoms with E-state index in [1.165, 1.54) is 0 Å². The number of amides is 1. The molecule has 1 aromatic heterocycles. The van der Waals surface area contributed by atoms with Gasteiger partial charge in [0.2, 0.25) is 5.91 Å². The number of aliphatic carboxylic acids is 1. The van der Waals surface area contributed by atoms with Gasteiger partial charge in [0, 0.05) is 19.0 Å². The molecular formula is C20H22N2O3S. The van der Waals surface area contributed by atoms with Crippen molar-refractivity contribution in [3.8, 4) is 0 Å². The number of allylic oxidation sites excluding steroid dienone is 2. The molecule has 2 aromatic rings. The summed E-state index contributed by atoms with van der Waals surface area (Å²) < 4.78 is 1.15. The number of piperidine rings is 1. The number of rotatable bonds is 3. The van der Waals surface area contributed by atoms with E-state index in [1.54, 1.807) is 16.2 Å². The molecule has 1 aliphatic heterocycles. The summed E-state index contributed by atoms with van der Waals surface area (Å²) in [6.07, 6.45) is 7.14. The molecular weight excluding hydrogens is 348 g/mol. The van der Waals surface area contributed by atoms with Crippen LogP contribution in [-0.4, -0.2) is 40.0 Å². The number of benzene rings is 1. The van der Waals surface area contributed by atoms with Gasteiger partial charge < -0.3 is 10.0 Å². The molecule has 4 rings (SSSR count). The Morgan fingerprint density at radius 2 is 2.00 bits per heavy atom. The number of carbonyl (C=O) groups is 2. The summed E-state index contributed by atoms with van der Waals surface area (Å²) in [6.45, 7) is 0.996. The lowest BCUT2D eigenvalue weighted by Crippen LogP contribution is -2.46. The van der Waals surface area contributed by atoms with E-state index in [0.29, 0.717) is 25.9 Å². The molecule has 5 nitrogen and oxygen atoms in total. The first-order valence-electron chi connectivity index (χ1n) is 9.15. The molecule has 0 bridgehead atoms. The molecule has 0 radical (unpaired) electrons. The Morgan fingerprint density at radius 1 is 1.19 bits per heavy atom. The fourth-order valence-corrected chi connectivity index (χ4v) is 5.17. The molecule has 6 heteroatoms. The van der Waals surface area contributed by atoms with E-state index in [4.69, 9.17) is 4.98 Å². The van der Waals surface area contributed by atoms with Gasteiger partial charge in [-0.15, -0.1) is 11.3 Å². The van der Waals surface area contributed by atoms with E-state index in [0.717, 1.165) is 28.1 Å². The van der Waals surface area contributed by atoms with Crippen molar-refractivity contribution in [3.05, 3.63) is 41.4 Å². The monoisotopic (exact) mass is 370 g/mol. The zero-order valence-electron chi connectivity index (χ0n) is 14.5. The number of hydrogen-bond donors (Lipinski definition) is 1. The average molecular weight is 370 g/mol. The first-order valence-corrected chi connectivity index (χ1v) is 9.97. The minimum atomic E-state index is -0.797. The van der Waals surface area contributed by atoms with Gasteiger partial charge in [-0.1, -0.05) is 24.3 Å². The van der Waals surface area contributed by atoms with Crippen LogP contribution in [0.2, 0.25) is 0 Å². The summed E-state index contributed by atoms with van der Waals surface area (Å²) in [6, 6.07) is 8.06. The highest BCUT2D eigenvalue weighted by Gasteiger charge is 2.37. The third kappa shape index (κ3) is 3.26. The van der Waals surface area contributed by atoms with Crippen LogP contribution in [0, 0.1) is 11.8 Å². The second-order valence-electron chi connectivity index (χ2n) is 7.14. The van der Waals surface area contributed by atoms with Crippen molar-refractivity contribution in [2.24, 2.45) is 11.8 Å². The topological polar surface area (TPSA) is 70.5 Å². The van der Waals surface area contributed by atoms with Gasteiger partial charge in [-0.25, -0.2) is 4.98 Å². The maximum Gasteiger partial charge on any atom is 0.308 e. The third-order valence-corrected chi connectivity index (χ3v) is 6.63. The normalized spacial score (nSPS) is 26.2. The summed E-state index contributed by atoms with van der Waals surface area (Å²) >= 11 is 1.67. The Bertz CT molecular complexity index is 827. The number of likely N-dealkylation sites (tertiary alicyclic amines) is 1. The Kier molecular flexibility index (Phi) is 4.76. The molecule has 2 aliphatic rings. The molecule has 0 saturated carbocycles. The van der Waals surface area contributed by atoms with Gasteiger partial charge >= 0.3 is 5.97 Å². The third-order valence-electron chi connectivity index (χ3n) is 5.46. The number of thiazole rings is 1. The van der Waals surface area contributed by atoms with E-state index in [-0.39, 0.29) is 17.7 Å². The number of aromatic nitrogens is 1. The minimum Gasteiger partial charge on any atom is -0.481 e. The predicted molar refractivity (Wildman–Crippen MR) is 101 cm³/mol. The van der Waals surface area contributed by atoms with E-state index >= 15 is 0 Å². The van der Waals surface area contributed by atoms with Crippen LogP contribution < -0.4 is 0 Å². The number of carboxylic acids is 1. The maximum absolute atomic E-state index is 13.2. The summed E-state index contributed by atoms with van der Waals surface area (Å²) in [7, 11) is 0. The highest BCUT2D eigenvalue weighted by molar-refractivity contribution is 7.18. The van der Waals surface area contributed by atoms with Gasteiger partial charge in [-0.2, -0.15) is 0 Å². The summed E-state index contributed by atoms with van der Waals surface area (Å²) in [5.74, 6) is -1.21. The lowest BCUT2D eigenvalue weighted by molar-refractivity contribution is -0.147. The van der Waals surface area contributed by atoms with Crippen molar-refractivity contribution in [1.82, 2.24) is 9.88 Å². The van der Waals surface area contributed by atoms with Gasteiger partial charge in [0.25, 0.3) is 0 Å². The summed E-state index contributed by atoms with van der Waals surface area (Å²) in [5, 5.41) is 10.3. The Labute approximate surface area is 156 Å². The predicted octanol–water partition coefficient (Wildman–Crippen LogP) is 3.67. The van der Waals surface area contributed by atoms with E-state index in [9.17, 15) is 14.7 Å². The lowest BCUT2D eigenvalue weighted by Gasteiger charge is -2.36. The zero-order chi connectivity index (χ0) is 18.1. The van der Waals surface area contributed by atoms with E-state index in [1.807, 2.05) is 18.2 Å². The number of carboxylic acid groups (broad SMARTS) is 1. The fourth-order valence-electron chi connectivity index (χ4n) is 4.02. The van der Waals surface area contributed by atoms with Crippen LogP contribution in [0.1, 0.15) is 36.6 Å². The van der Waals surface area contributed by atoms with Gasteiger partial charge in [0.15, 0.2) is 0 Å². The minimum absolute atomic E-state index is 0.0788. The van der Waals surface area contributed by atoms with Crippen LogP contribution in [0.3, 0.4) is 0 Å². The molecule has 3 atom stereocenters. The van der Waals surface area contributed by atoms with Crippen LogP contribution >= 0.6 is 11.3 Å². The molecule has 136 valence electrons. The molecule has 1 amide bonds. The van der Waals surface area contributed by atoms with Crippen molar-refractivity contribution in [1.29, 1.82) is 0 Å².